The summed E-state index contributed by atoms with van der Waals surface area (Å²) in [5.41, 5.74) is 2.80. The molecule has 0 aliphatic carbocycles. The Labute approximate surface area is 175 Å². The average molecular weight is 438 g/mol. The van der Waals surface area contributed by atoms with Crippen LogP contribution in [0.1, 0.15) is 11.3 Å². The molecule has 156 valence electrons. The van der Waals surface area contributed by atoms with Gasteiger partial charge in [0, 0.05) is 16.7 Å². The van der Waals surface area contributed by atoms with Crippen LogP contribution in [0.5, 0.6) is 11.5 Å². The van der Waals surface area contributed by atoms with Gasteiger partial charge in [0.15, 0.2) is 11.5 Å². The van der Waals surface area contributed by atoms with Gasteiger partial charge < -0.3 is 9.47 Å². The summed E-state index contributed by atoms with van der Waals surface area (Å²) < 4.78 is 50.2. The number of hydrazone groups is 1. The van der Waals surface area contributed by atoms with Crippen LogP contribution in [0.3, 0.4) is 0 Å². The van der Waals surface area contributed by atoms with E-state index >= 15 is 0 Å². The van der Waals surface area contributed by atoms with Crippen LogP contribution in [0.4, 0.5) is 19.1 Å². The highest BCUT2D eigenvalue weighted by Gasteiger charge is 2.37. The van der Waals surface area contributed by atoms with Crippen molar-refractivity contribution in [2.24, 2.45) is 5.10 Å². The lowest BCUT2D eigenvalue weighted by atomic mass is 10.1. The molecular formula is C20H17ClF3N4O2+. The maximum absolute atomic E-state index is 13.3. The molecule has 3 rings (SSSR count). The fourth-order valence-electron chi connectivity index (χ4n) is 2.57. The minimum absolute atomic E-state index is 0.175. The van der Waals surface area contributed by atoms with E-state index in [1.54, 1.807) is 42.5 Å². The second-order valence-corrected chi connectivity index (χ2v) is 6.45. The second-order valence-electron chi connectivity index (χ2n) is 6.02. The van der Waals surface area contributed by atoms with E-state index in [9.17, 15) is 13.2 Å². The monoisotopic (exact) mass is 437 g/mol. The van der Waals surface area contributed by atoms with Gasteiger partial charge in [-0.15, -0.1) is 5.10 Å². The lowest BCUT2D eigenvalue weighted by Crippen LogP contribution is -2.20. The topological polar surface area (TPSA) is 69.9 Å². The van der Waals surface area contributed by atoms with Crippen molar-refractivity contribution in [3.05, 3.63) is 64.8 Å². The summed E-state index contributed by atoms with van der Waals surface area (Å²) >= 11 is 5.85. The molecular weight excluding hydrogens is 421 g/mol. The molecule has 0 bridgehead atoms. The van der Waals surface area contributed by atoms with E-state index in [0.29, 0.717) is 27.6 Å². The predicted octanol–water partition coefficient (Wildman–Crippen LogP) is 4.70. The first-order valence-electron chi connectivity index (χ1n) is 8.59. The fraction of sp³-hybridized carbons (Fsp3) is 0.150. The SMILES string of the molecule is COc1ccc(C=NNc2nc(C(F)(F)F)cc(-c3ccc(Cl)cc3)[nH+]2)cc1OC. The summed E-state index contributed by atoms with van der Waals surface area (Å²) in [6.07, 6.45) is -3.21. The fourth-order valence-corrected chi connectivity index (χ4v) is 2.69. The smallest absolute Gasteiger partial charge is 0.449 e. The number of aromatic amines is 1. The molecule has 0 spiro atoms. The number of halogens is 4. The van der Waals surface area contributed by atoms with Crippen molar-refractivity contribution in [3.8, 4) is 22.8 Å². The largest absolute Gasteiger partial charge is 0.493 e. The predicted molar refractivity (Wildman–Crippen MR) is 107 cm³/mol. The summed E-state index contributed by atoms with van der Waals surface area (Å²) in [4.78, 5) is 6.36. The first kappa shape index (κ1) is 21.4. The molecule has 3 aromatic rings. The Morgan fingerprint density at radius 3 is 2.37 bits per heavy atom. The summed E-state index contributed by atoms with van der Waals surface area (Å²) in [5.74, 6) is 0.866. The van der Waals surface area contributed by atoms with Crippen LogP contribution in [-0.2, 0) is 6.18 Å². The number of methoxy groups -OCH3 is 2. The van der Waals surface area contributed by atoms with E-state index < -0.39 is 11.9 Å². The van der Waals surface area contributed by atoms with Gasteiger partial charge in [-0.1, -0.05) is 16.6 Å². The first-order valence-corrected chi connectivity index (χ1v) is 8.96. The van der Waals surface area contributed by atoms with Gasteiger partial charge in [0.1, 0.15) is 5.69 Å². The Bertz CT molecular complexity index is 1060. The molecule has 1 aromatic heterocycles. The molecule has 0 saturated carbocycles. The van der Waals surface area contributed by atoms with Gasteiger partial charge in [0.05, 0.1) is 20.4 Å². The number of rotatable bonds is 6. The number of hydrogen-bond acceptors (Lipinski definition) is 5. The number of benzene rings is 2. The van der Waals surface area contributed by atoms with Crippen LogP contribution in [0.2, 0.25) is 5.02 Å². The van der Waals surface area contributed by atoms with Crippen molar-refractivity contribution in [2.75, 3.05) is 19.6 Å². The first-order chi connectivity index (χ1) is 14.3. The van der Waals surface area contributed by atoms with Crippen molar-refractivity contribution in [2.45, 2.75) is 6.18 Å². The molecule has 2 N–H and O–H groups in total. The Morgan fingerprint density at radius 2 is 1.73 bits per heavy atom. The lowest BCUT2D eigenvalue weighted by molar-refractivity contribution is -0.353. The molecule has 0 aliphatic rings. The van der Waals surface area contributed by atoms with Gasteiger partial charge in [-0.3, -0.25) is 0 Å². The Morgan fingerprint density at radius 1 is 1.03 bits per heavy atom. The molecule has 2 aromatic carbocycles. The number of hydrogen-bond donors (Lipinski definition) is 1. The van der Waals surface area contributed by atoms with E-state index in [2.05, 4.69) is 20.5 Å². The minimum atomic E-state index is -4.63. The maximum Gasteiger partial charge on any atom is 0.449 e. The van der Waals surface area contributed by atoms with E-state index in [1.807, 2.05) is 0 Å². The molecule has 0 amide bonds. The van der Waals surface area contributed by atoms with Crippen molar-refractivity contribution in [3.63, 3.8) is 0 Å². The van der Waals surface area contributed by atoms with Crippen molar-refractivity contribution < 1.29 is 27.6 Å². The molecule has 0 atom stereocenters. The van der Waals surface area contributed by atoms with Crippen molar-refractivity contribution in [1.82, 2.24) is 4.98 Å². The zero-order valence-electron chi connectivity index (χ0n) is 15.9. The highest BCUT2D eigenvalue weighted by Crippen LogP contribution is 2.30. The number of H-pyrrole nitrogens is 1. The zero-order chi connectivity index (χ0) is 21.7. The van der Waals surface area contributed by atoms with Crippen LogP contribution in [0.15, 0.2) is 53.6 Å². The Kier molecular flexibility index (Phi) is 6.41. The lowest BCUT2D eigenvalue weighted by Gasteiger charge is -2.07. The Hall–Kier alpha value is -3.33. The van der Waals surface area contributed by atoms with Crippen LogP contribution < -0.4 is 19.9 Å². The zero-order valence-corrected chi connectivity index (χ0v) is 16.7. The van der Waals surface area contributed by atoms with Gasteiger partial charge in [0.2, 0.25) is 5.69 Å². The van der Waals surface area contributed by atoms with E-state index in [4.69, 9.17) is 21.1 Å². The quantitative estimate of drug-likeness (QED) is 0.448. The molecule has 0 unspecified atom stereocenters. The number of ether oxygens (including phenoxy) is 2. The Balaban J connectivity index is 1.89. The van der Waals surface area contributed by atoms with Crippen LogP contribution in [0.25, 0.3) is 11.3 Å². The molecule has 0 aliphatic heterocycles. The van der Waals surface area contributed by atoms with Crippen LogP contribution in [0, 0.1) is 0 Å². The maximum atomic E-state index is 13.3. The summed E-state index contributed by atoms with van der Waals surface area (Å²) in [5, 5.41) is 4.44. The van der Waals surface area contributed by atoms with Crippen molar-refractivity contribution in [1.29, 1.82) is 0 Å². The number of nitrogens with one attached hydrogen (secondary N) is 2. The van der Waals surface area contributed by atoms with Crippen LogP contribution >= 0.6 is 11.6 Å². The standard InChI is InChI=1S/C20H16ClF3N4O2/c1-29-16-8-3-12(9-17(16)30-2)11-25-28-19-26-15(10-18(27-19)20(22,23)24)13-4-6-14(21)7-5-13/h3-11H,1-2H3,(H,26,27,28)/p+1. The molecule has 30 heavy (non-hydrogen) atoms. The third-order valence-corrected chi connectivity index (χ3v) is 4.26. The summed E-state index contributed by atoms with van der Waals surface area (Å²) in [7, 11) is 3.01. The minimum Gasteiger partial charge on any atom is -0.493 e. The molecule has 6 nitrogen and oxygen atoms in total. The normalized spacial score (nSPS) is 11.5. The summed E-state index contributed by atoms with van der Waals surface area (Å²) in [6.45, 7) is 0. The molecule has 0 fully saturated rings. The number of aromatic nitrogens is 2. The van der Waals surface area contributed by atoms with Gasteiger partial charge in [-0.2, -0.15) is 18.6 Å². The third kappa shape index (κ3) is 5.18. The van der Waals surface area contributed by atoms with E-state index in [0.717, 1.165) is 6.07 Å². The highest BCUT2D eigenvalue weighted by molar-refractivity contribution is 6.30. The summed E-state index contributed by atoms with van der Waals surface area (Å²) in [6, 6.07) is 12.4. The number of nitrogens with zero attached hydrogens (tertiary/aromatic N) is 2. The van der Waals surface area contributed by atoms with E-state index in [1.165, 1.54) is 20.4 Å². The van der Waals surface area contributed by atoms with Gasteiger partial charge in [-0.25, -0.2) is 4.98 Å². The second kappa shape index (κ2) is 9.00. The van der Waals surface area contributed by atoms with Crippen LogP contribution in [-0.4, -0.2) is 25.4 Å². The van der Waals surface area contributed by atoms with Gasteiger partial charge in [-0.05, 0) is 48.0 Å². The molecule has 0 radical (unpaired) electrons. The number of alkyl halides is 3. The molecule has 0 saturated heterocycles. The molecule has 1 heterocycles. The van der Waals surface area contributed by atoms with Gasteiger partial charge in [0.25, 0.3) is 0 Å². The van der Waals surface area contributed by atoms with Gasteiger partial charge >= 0.3 is 12.1 Å². The highest BCUT2D eigenvalue weighted by atomic mass is 35.5. The van der Waals surface area contributed by atoms with Crippen molar-refractivity contribution >= 4 is 23.8 Å². The average Bonchev–Trinajstić information content (AvgIpc) is 2.73. The molecule has 10 heteroatoms. The third-order valence-electron chi connectivity index (χ3n) is 4.00. The van der Waals surface area contributed by atoms with E-state index in [-0.39, 0.29) is 11.6 Å². The number of anilines is 1.